The number of aromatic nitrogens is 3. The minimum atomic E-state index is -1.24. The lowest BCUT2D eigenvalue weighted by Crippen LogP contribution is -2.58. The Kier molecular flexibility index (Phi) is 8.09. The van der Waals surface area contributed by atoms with Crippen LogP contribution in [0.25, 0.3) is 11.0 Å². The van der Waals surface area contributed by atoms with E-state index in [9.17, 15) is 19.5 Å². The summed E-state index contributed by atoms with van der Waals surface area (Å²) in [5, 5.41) is 18.8. The SMILES string of the molecule is C=CCN(Cn1nnc2ccccc21)C(=O)C1N([C@H](C)CO)C(=O)[C@@H]2[C@H](C(=O)N(CC=C)c3ccccc3)[C@]3(CC)CCC12O3. The van der Waals surface area contributed by atoms with E-state index in [0.717, 1.165) is 5.52 Å². The molecule has 3 fully saturated rings. The third-order valence-corrected chi connectivity index (χ3v) is 9.89. The molecule has 1 spiro atoms. The molecule has 2 bridgehead atoms. The number of hydrogen-bond acceptors (Lipinski definition) is 7. The van der Waals surface area contributed by atoms with E-state index in [1.165, 1.54) is 4.90 Å². The topological polar surface area (TPSA) is 121 Å². The van der Waals surface area contributed by atoms with Crippen molar-refractivity contribution < 1.29 is 24.2 Å². The molecule has 1 N–H and O–H groups in total. The third-order valence-electron chi connectivity index (χ3n) is 9.89. The Hall–Kier alpha value is -4.35. The average molecular weight is 613 g/mol. The number of aliphatic hydroxyl groups is 1. The summed E-state index contributed by atoms with van der Waals surface area (Å²) in [6.45, 7) is 11.6. The normalized spacial score (nSPS) is 27.4. The molecule has 0 radical (unpaired) electrons. The number of carbonyl (C=O) groups excluding carboxylic acids is 3. The minimum absolute atomic E-state index is 0.0700. The van der Waals surface area contributed by atoms with Crippen LogP contribution >= 0.6 is 0 Å². The fourth-order valence-corrected chi connectivity index (χ4v) is 7.83. The Morgan fingerprint density at radius 2 is 1.80 bits per heavy atom. The number of aliphatic hydroxyl groups excluding tert-OH is 1. The van der Waals surface area contributed by atoms with Crippen LogP contribution in [0.1, 0.15) is 33.1 Å². The quantitative estimate of drug-likeness (QED) is 0.312. The highest BCUT2D eigenvalue weighted by Crippen LogP contribution is 2.65. The van der Waals surface area contributed by atoms with Gasteiger partial charge in [0.25, 0.3) is 0 Å². The second-order valence-corrected chi connectivity index (χ2v) is 12.3. The van der Waals surface area contributed by atoms with Crippen molar-refractivity contribution in [2.24, 2.45) is 11.8 Å². The third kappa shape index (κ3) is 4.67. The minimum Gasteiger partial charge on any atom is -0.394 e. The predicted octanol–water partition coefficient (Wildman–Crippen LogP) is 3.16. The lowest BCUT2D eigenvalue weighted by Gasteiger charge is -2.38. The van der Waals surface area contributed by atoms with Crippen LogP contribution in [0.3, 0.4) is 0 Å². The van der Waals surface area contributed by atoms with Gasteiger partial charge in [0.05, 0.1) is 35.6 Å². The zero-order chi connectivity index (χ0) is 31.9. The summed E-state index contributed by atoms with van der Waals surface area (Å²) in [5.41, 5.74) is -0.00445. The zero-order valence-corrected chi connectivity index (χ0v) is 25.8. The molecule has 0 saturated carbocycles. The van der Waals surface area contributed by atoms with Crippen LogP contribution in [0.15, 0.2) is 79.9 Å². The maximum Gasteiger partial charge on any atom is 0.250 e. The lowest BCUT2D eigenvalue weighted by atomic mass is 9.64. The molecule has 6 atom stereocenters. The molecule has 4 heterocycles. The van der Waals surface area contributed by atoms with E-state index in [1.54, 1.807) is 33.6 Å². The number of nitrogens with zero attached hydrogens (tertiary/aromatic N) is 6. The van der Waals surface area contributed by atoms with Gasteiger partial charge in [0.1, 0.15) is 23.8 Å². The van der Waals surface area contributed by atoms with Gasteiger partial charge in [0, 0.05) is 18.8 Å². The average Bonchev–Trinajstić information content (AvgIpc) is 3.80. The Labute approximate surface area is 262 Å². The molecule has 236 valence electrons. The lowest BCUT2D eigenvalue weighted by molar-refractivity contribution is -0.156. The number of benzene rings is 2. The number of rotatable bonds is 12. The highest BCUT2D eigenvalue weighted by Gasteiger charge is 2.79. The molecule has 0 aliphatic carbocycles. The molecule has 45 heavy (non-hydrogen) atoms. The number of fused-ring (bicyclic) bond motifs is 2. The van der Waals surface area contributed by atoms with Gasteiger partial charge >= 0.3 is 0 Å². The van der Waals surface area contributed by atoms with Crippen LogP contribution in [0.2, 0.25) is 0 Å². The van der Waals surface area contributed by atoms with Gasteiger partial charge in [0.15, 0.2) is 0 Å². The predicted molar refractivity (Wildman–Crippen MR) is 169 cm³/mol. The first kappa shape index (κ1) is 30.7. The maximum atomic E-state index is 14.8. The first-order valence-corrected chi connectivity index (χ1v) is 15.5. The highest BCUT2D eigenvalue weighted by molar-refractivity contribution is 6.03. The van der Waals surface area contributed by atoms with E-state index in [-0.39, 0.29) is 44.1 Å². The van der Waals surface area contributed by atoms with Crippen molar-refractivity contribution in [3.05, 3.63) is 79.9 Å². The molecule has 11 heteroatoms. The first-order valence-electron chi connectivity index (χ1n) is 15.5. The number of amides is 3. The summed E-state index contributed by atoms with van der Waals surface area (Å²) in [7, 11) is 0. The van der Waals surface area contributed by atoms with Crippen molar-refractivity contribution in [3.63, 3.8) is 0 Å². The van der Waals surface area contributed by atoms with Crippen LogP contribution in [0.5, 0.6) is 0 Å². The fourth-order valence-electron chi connectivity index (χ4n) is 7.83. The van der Waals surface area contributed by atoms with Crippen LogP contribution in [0.4, 0.5) is 5.69 Å². The number of para-hydroxylation sites is 2. The molecule has 1 aromatic heterocycles. The fraction of sp³-hybridized carbons (Fsp3) is 0.441. The van der Waals surface area contributed by atoms with Gasteiger partial charge in [-0.3, -0.25) is 14.4 Å². The summed E-state index contributed by atoms with van der Waals surface area (Å²) in [4.78, 5) is 48.7. The van der Waals surface area contributed by atoms with Crippen LogP contribution in [-0.4, -0.2) is 90.6 Å². The summed E-state index contributed by atoms with van der Waals surface area (Å²) in [5.74, 6) is -2.64. The van der Waals surface area contributed by atoms with E-state index < -0.39 is 35.1 Å². The van der Waals surface area contributed by atoms with E-state index in [2.05, 4.69) is 23.5 Å². The van der Waals surface area contributed by atoms with E-state index in [0.29, 0.717) is 30.5 Å². The van der Waals surface area contributed by atoms with Crippen LogP contribution in [-0.2, 0) is 25.8 Å². The van der Waals surface area contributed by atoms with Gasteiger partial charge < -0.3 is 24.5 Å². The summed E-state index contributed by atoms with van der Waals surface area (Å²) >= 11 is 0. The Morgan fingerprint density at radius 3 is 2.49 bits per heavy atom. The van der Waals surface area contributed by atoms with Crippen LogP contribution in [0, 0.1) is 11.8 Å². The number of ether oxygens (including phenoxy) is 1. The second kappa shape index (κ2) is 11.9. The summed E-state index contributed by atoms with van der Waals surface area (Å²) in [6.07, 6.45) is 4.76. The van der Waals surface area contributed by atoms with Gasteiger partial charge in [-0.05, 0) is 50.5 Å². The van der Waals surface area contributed by atoms with Crippen LogP contribution < -0.4 is 4.90 Å². The molecule has 6 rings (SSSR count). The number of likely N-dealkylation sites (tertiary alicyclic amines) is 1. The van der Waals surface area contributed by atoms with Crippen molar-refractivity contribution in [2.75, 3.05) is 24.6 Å². The van der Waals surface area contributed by atoms with Crippen molar-refractivity contribution in [2.45, 2.75) is 63.1 Å². The molecule has 2 aromatic carbocycles. The van der Waals surface area contributed by atoms with E-state index >= 15 is 0 Å². The Morgan fingerprint density at radius 1 is 1.09 bits per heavy atom. The molecule has 11 nitrogen and oxygen atoms in total. The van der Waals surface area contributed by atoms with Gasteiger partial charge in [-0.1, -0.05) is 54.6 Å². The van der Waals surface area contributed by atoms with Gasteiger partial charge in [-0.25, -0.2) is 4.68 Å². The Bertz CT molecular complexity index is 1630. The van der Waals surface area contributed by atoms with Gasteiger partial charge in [-0.2, -0.15) is 0 Å². The molecular weight excluding hydrogens is 572 g/mol. The van der Waals surface area contributed by atoms with E-state index in [4.69, 9.17) is 4.74 Å². The molecule has 3 aliphatic rings. The molecule has 3 saturated heterocycles. The second-order valence-electron chi connectivity index (χ2n) is 12.3. The summed E-state index contributed by atoms with van der Waals surface area (Å²) in [6, 6.07) is 15.1. The van der Waals surface area contributed by atoms with Crippen molar-refractivity contribution >= 4 is 34.4 Å². The largest absolute Gasteiger partial charge is 0.394 e. The summed E-state index contributed by atoms with van der Waals surface area (Å²) < 4.78 is 8.60. The monoisotopic (exact) mass is 612 g/mol. The molecule has 3 aromatic rings. The molecular formula is C34H40N6O5. The van der Waals surface area contributed by atoms with Crippen molar-refractivity contribution in [3.8, 4) is 0 Å². The first-order chi connectivity index (χ1) is 21.8. The standard InChI is InChI=1S/C34H40N6O5/c1-5-19-37(22-39-26-16-12-11-15-25(26)35-36-39)32(44)29-34-18-17-33(7-3,45-34)27(28(34)31(43)40(29)23(4)21-41)30(42)38(20-6-2)24-13-9-8-10-14-24/h5-6,8-16,23,27-29,41H,1-2,7,17-22H2,3-4H3/t23-,27-,28+,29?,33+,34?/m1/s1. The van der Waals surface area contributed by atoms with Crippen molar-refractivity contribution in [1.82, 2.24) is 24.8 Å². The van der Waals surface area contributed by atoms with Crippen molar-refractivity contribution in [1.29, 1.82) is 0 Å². The Balaban J connectivity index is 1.42. The van der Waals surface area contributed by atoms with Gasteiger partial charge in [0.2, 0.25) is 17.7 Å². The smallest absolute Gasteiger partial charge is 0.250 e. The number of hydrogen-bond donors (Lipinski definition) is 1. The number of anilines is 1. The molecule has 3 amide bonds. The zero-order valence-electron chi connectivity index (χ0n) is 25.8. The van der Waals surface area contributed by atoms with E-state index in [1.807, 2.05) is 61.5 Å². The van der Waals surface area contributed by atoms with Gasteiger partial charge in [-0.15, -0.1) is 18.3 Å². The highest BCUT2D eigenvalue weighted by atomic mass is 16.5. The molecule has 2 unspecified atom stereocenters. The molecule has 3 aliphatic heterocycles. The number of carbonyl (C=O) groups is 3. The maximum absolute atomic E-state index is 14.8.